The molecule has 72 valence electrons. The number of hydrogen-bond acceptors (Lipinski definition) is 3. The maximum absolute atomic E-state index is 10.9. The summed E-state index contributed by atoms with van der Waals surface area (Å²) in [6.07, 6.45) is 4.26. The number of carbonyl (C=O) groups is 1. The van der Waals surface area contributed by atoms with E-state index in [0.717, 1.165) is 0 Å². The Labute approximate surface area is 79.4 Å². The minimum atomic E-state index is -0.508. The summed E-state index contributed by atoms with van der Waals surface area (Å²) in [5.41, 5.74) is 5.46. The lowest BCUT2D eigenvalue weighted by Crippen LogP contribution is -2.31. The lowest BCUT2D eigenvalue weighted by molar-refractivity contribution is -0.144. The quantitative estimate of drug-likeness (QED) is 0.541. The Balaban J connectivity index is 0. The lowest BCUT2D eigenvalue weighted by atomic mass is 10.2. The summed E-state index contributed by atoms with van der Waals surface area (Å²) in [7, 11) is 0. The Hall–Kier alpha value is -0.540. The van der Waals surface area contributed by atoms with Crippen LogP contribution in [0.4, 0.5) is 0 Å². The Morgan fingerprint density at radius 3 is 2.67 bits per heavy atom. The molecule has 0 saturated carbocycles. The molecule has 0 saturated heterocycles. The zero-order valence-corrected chi connectivity index (χ0v) is 8.26. The van der Waals surface area contributed by atoms with Gasteiger partial charge in [0.25, 0.3) is 0 Å². The second-order valence-electron chi connectivity index (χ2n) is 2.16. The van der Waals surface area contributed by atoms with Crippen molar-refractivity contribution in [2.75, 3.05) is 6.61 Å². The molecular formula is C8H16ClNO2. The van der Waals surface area contributed by atoms with Gasteiger partial charge in [0.05, 0.1) is 6.61 Å². The summed E-state index contributed by atoms with van der Waals surface area (Å²) in [6.45, 7) is 4.04. The van der Waals surface area contributed by atoms with Crippen molar-refractivity contribution in [3.63, 3.8) is 0 Å². The van der Waals surface area contributed by atoms with Crippen molar-refractivity contribution >= 4 is 18.4 Å². The van der Waals surface area contributed by atoms with Crippen molar-refractivity contribution in [3.8, 4) is 0 Å². The first-order valence-electron chi connectivity index (χ1n) is 3.75. The minimum Gasteiger partial charge on any atom is -0.465 e. The van der Waals surface area contributed by atoms with Crippen LogP contribution in [0.3, 0.4) is 0 Å². The highest BCUT2D eigenvalue weighted by atomic mass is 35.5. The molecule has 12 heavy (non-hydrogen) atoms. The molecule has 4 heteroatoms. The van der Waals surface area contributed by atoms with Gasteiger partial charge in [0, 0.05) is 0 Å². The molecule has 0 aromatic heterocycles. The summed E-state index contributed by atoms with van der Waals surface area (Å²) in [4.78, 5) is 10.9. The third-order valence-electron chi connectivity index (χ3n) is 1.22. The molecule has 0 aliphatic heterocycles. The summed E-state index contributed by atoms with van der Waals surface area (Å²) in [5, 5.41) is 0. The van der Waals surface area contributed by atoms with Gasteiger partial charge in [-0.05, 0) is 20.3 Å². The normalized spacial score (nSPS) is 12.2. The Kier molecular flexibility index (Phi) is 9.99. The van der Waals surface area contributed by atoms with E-state index < -0.39 is 6.04 Å². The Morgan fingerprint density at radius 1 is 1.67 bits per heavy atom. The van der Waals surface area contributed by atoms with Crippen LogP contribution in [0.5, 0.6) is 0 Å². The number of halogens is 1. The van der Waals surface area contributed by atoms with Gasteiger partial charge in [0.2, 0.25) is 0 Å². The highest BCUT2D eigenvalue weighted by molar-refractivity contribution is 5.85. The maximum atomic E-state index is 10.9. The van der Waals surface area contributed by atoms with Gasteiger partial charge in [-0.15, -0.1) is 12.4 Å². The summed E-state index contributed by atoms with van der Waals surface area (Å²) >= 11 is 0. The van der Waals surface area contributed by atoms with Crippen molar-refractivity contribution in [3.05, 3.63) is 12.2 Å². The molecule has 0 aromatic carbocycles. The fraction of sp³-hybridized carbons (Fsp3) is 0.625. The van der Waals surface area contributed by atoms with Crippen LogP contribution in [0.1, 0.15) is 20.3 Å². The summed E-state index contributed by atoms with van der Waals surface area (Å²) in [5.74, 6) is -0.328. The second kappa shape index (κ2) is 8.56. The monoisotopic (exact) mass is 193 g/mol. The molecule has 0 bridgehead atoms. The zero-order valence-electron chi connectivity index (χ0n) is 7.45. The van der Waals surface area contributed by atoms with Crippen LogP contribution in [0, 0.1) is 0 Å². The van der Waals surface area contributed by atoms with Gasteiger partial charge < -0.3 is 10.5 Å². The molecule has 3 nitrogen and oxygen atoms in total. The molecule has 0 aromatic rings. The fourth-order valence-electron chi connectivity index (χ4n) is 0.628. The number of allylic oxidation sites excluding steroid dienone is 1. The van der Waals surface area contributed by atoms with E-state index in [1.165, 1.54) is 0 Å². The average Bonchev–Trinajstić information content (AvgIpc) is 2.00. The predicted molar refractivity (Wildman–Crippen MR) is 51.3 cm³/mol. The minimum absolute atomic E-state index is 0. The highest BCUT2D eigenvalue weighted by Crippen LogP contribution is 1.93. The van der Waals surface area contributed by atoms with Crippen LogP contribution >= 0.6 is 12.4 Å². The SMILES string of the molecule is C/C=C/CC(N)C(=O)OCC.Cl. The summed E-state index contributed by atoms with van der Waals surface area (Å²) < 4.78 is 4.70. The smallest absolute Gasteiger partial charge is 0.323 e. The maximum Gasteiger partial charge on any atom is 0.323 e. The first-order valence-corrected chi connectivity index (χ1v) is 3.75. The van der Waals surface area contributed by atoms with E-state index in [0.29, 0.717) is 13.0 Å². The van der Waals surface area contributed by atoms with Gasteiger partial charge in [-0.1, -0.05) is 12.2 Å². The number of hydrogen-bond donors (Lipinski definition) is 1. The van der Waals surface area contributed by atoms with E-state index in [9.17, 15) is 4.79 Å². The standard InChI is InChI=1S/C8H15NO2.ClH/c1-3-5-6-7(9)8(10)11-4-2;/h3,5,7H,4,6,9H2,1-2H3;1H/b5-3+;. The molecule has 1 unspecified atom stereocenters. The van der Waals surface area contributed by atoms with Crippen LogP contribution in [0.15, 0.2) is 12.2 Å². The third kappa shape index (κ3) is 6.19. The Morgan fingerprint density at radius 2 is 2.25 bits per heavy atom. The zero-order chi connectivity index (χ0) is 8.69. The van der Waals surface area contributed by atoms with Gasteiger partial charge >= 0.3 is 5.97 Å². The predicted octanol–water partition coefficient (Wildman–Crippen LogP) is 1.26. The molecule has 0 aliphatic rings. The first-order chi connectivity index (χ1) is 5.22. The van der Waals surface area contributed by atoms with Crippen LogP contribution in [-0.4, -0.2) is 18.6 Å². The van der Waals surface area contributed by atoms with Crippen LogP contribution < -0.4 is 5.73 Å². The molecule has 1 atom stereocenters. The fourth-order valence-corrected chi connectivity index (χ4v) is 0.628. The van der Waals surface area contributed by atoms with Crippen molar-refractivity contribution < 1.29 is 9.53 Å². The van der Waals surface area contributed by atoms with Crippen molar-refractivity contribution in [1.29, 1.82) is 0 Å². The molecule has 0 fully saturated rings. The van der Waals surface area contributed by atoms with Crippen LogP contribution in [0.25, 0.3) is 0 Å². The van der Waals surface area contributed by atoms with E-state index in [1.54, 1.807) is 6.92 Å². The van der Waals surface area contributed by atoms with E-state index in [-0.39, 0.29) is 18.4 Å². The van der Waals surface area contributed by atoms with E-state index in [4.69, 9.17) is 10.5 Å². The van der Waals surface area contributed by atoms with E-state index in [1.807, 2.05) is 19.1 Å². The van der Waals surface area contributed by atoms with Gasteiger partial charge in [0.15, 0.2) is 0 Å². The molecule has 0 heterocycles. The Bertz CT molecular complexity index is 148. The number of ether oxygens (including phenoxy) is 1. The number of esters is 1. The van der Waals surface area contributed by atoms with Gasteiger partial charge in [0.1, 0.15) is 6.04 Å². The van der Waals surface area contributed by atoms with Gasteiger partial charge in [-0.25, -0.2) is 0 Å². The number of rotatable bonds is 4. The van der Waals surface area contributed by atoms with Crippen LogP contribution in [0.2, 0.25) is 0 Å². The van der Waals surface area contributed by atoms with Crippen molar-refractivity contribution in [2.45, 2.75) is 26.3 Å². The summed E-state index contributed by atoms with van der Waals surface area (Å²) in [6, 6.07) is -0.508. The molecule has 0 aliphatic carbocycles. The van der Waals surface area contributed by atoms with E-state index >= 15 is 0 Å². The first kappa shape index (κ1) is 14.0. The van der Waals surface area contributed by atoms with Gasteiger partial charge in [-0.3, -0.25) is 4.79 Å². The van der Waals surface area contributed by atoms with Crippen molar-refractivity contribution in [1.82, 2.24) is 0 Å². The van der Waals surface area contributed by atoms with Gasteiger partial charge in [-0.2, -0.15) is 0 Å². The third-order valence-corrected chi connectivity index (χ3v) is 1.22. The molecule has 0 radical (unpaired) electrons. The molecule has 0 spiro atoms. The largest absolute Gasteiger partial charge is 0.465 e. The van der Waals surface area contributed by atoms with Crippen LogP contribution in [-0.2, 0) is 9.53 Å². The highest BCUT2D eigenvalue weighted by Gasteiger charge is 2.11. The average molecular weight is 194 g/mol. The molecule has 2 N–H and O–H groups in total. The molecule has 0 amide bonds. The lowest BCUT2D eigenvalue weighted by Gasteiger charge is -2.06. The number of carbonyl (C=O) groups excluding carboxylic acids is 1. The molecular weight excluding hydrogens is 178 g/mol. The number of nitrogens with two attached hydrogens (primary N) is 1. The molecule has 0 rings (SSSR count). The second-order valence-corrected chi connectivity index (χ2v) is 2.16. The van der Waals surface area contributed by atoms with Crippen molar-refractivity contribution in [2.24, 2.45) is 5.73 Å². The topological polar surface area (TPSA) is 52.3 Å². The van der Waals surface area contributed by atoms with E-state index in [2.05, 4.69) is 0 Å².